The number of carbonyl (C=O) groups excluding carboxylic acids is 1. The van der Waals surface area contributed by atoms with Gasteiger partial charge in [0.25, 0.3) is 5.69 Å². The van der Waals surface area contributed by atoms with Gasteiger partial charge in [-0.2, -0.15) is 0 Å². The van der Waals surface area contributed by atoms with E-state index in [1.54, 1.807) is 6.07 Å². The second-order valence-corrected chi connectivity index (χ2v) is 5.41. The van der Waals surface area contributed by atoms with Crippen LogP contribution in [0.5, 0.6) is 11.5 Å². The van der Waals surface area contributed by atoms with E-state index >= 15 is 0 Å². The van der Waals surface area contributed by atoms with Crippen molar-refractivity contribution in [3.63, 3.8) is 0 Å². The van der Waals surface area contributed by atoms with Gasteiger partial charge in [-0.25, -0.2) is 0 Å². The van der Waals surface area contributed by atoms with Gasteiger partial charge >= 0.3 is 0 Å². The molecule has 2 N–H and O–H groups in total. The Hall–Kier alpha value is -3.00. The standard InChI is InChI=1S/C18H21N3O5.ClH/c1-25-16-10-13(15(21(23)24)11-17(16)26-2)8-9-19-18(22)12-20-14-6-4-3-5-7-14;/h3-7,10-11,20H,8-9,12H2,1-2H3,(H,19,22);1H. The van der Waals surface area contributed by atoms with Gasteiger partial charge in [-0.05, 0) is 24.6 Å². The van der Waals surface area contributed by atoms with Crippen molar-refractivity contribution in [1.82, 2.24) is 5.32 Å². The minimum Gasteiger partial charge on any atom is -0.493 e. The number of rotatable bonds is 9. The van der Waals surface area contributed by atoms with E-state index in [1.807, 2.05) is 30.3 Å². The van der Waals surface area contributed by atoms with Crippen LogP contribution in [-0.4, -0.2) is 38.1 Å². The quantitative estimate of drug-likeness (QED) is 0.500. The molecule has 0 unspecified atom stereocenters. The highest BCUT2D eigenvalue weighted by Crippen LogP contribution is 2.34. The largest absolute Gasteiger partial charge is 0.493 e. The molecule has 9 heteroatoms. The summed E-state index contributed by atoms with van der Waals surface area (Å²) in [5.41, 5.74) is 1.24. The number of nitro benzene ring substituents is 1. The number of para-hydroxylation sites is 1. The fourth-order valence-electron chi connectivity index (χ4n) is 2.42. The number of nitrogens with zero attached hydrogens (tertiary/aromatic N) is 1. The number of amides is 1. The summed E-state index contributed by atoms with van der Waals surface area (Å²) in [6.45, 7) is 0.393. The van der Waals surface area contributed by atoms with Crippen LogP contribution in [-0.2, 0) is 11.2 Å². The summed E-state index contributed by atoms with van der Waals surface area (Å²) in [4.78, 5) is 22.7. The van der Waals surface area contributed by atoms with E-state index < -0.39 is 4.92 Å². The number of halogens is 1. The Morgan fingerprint density at radius 3 is 2.33 bits per heavy atom. The van der Waals surface area contributed by atoms with E-state index in [9.17, 15) is 14.9 Å². The zero-order valence-electron chi connectivity index (χ0n) is 15.1. The molecule has 0 atom stereocenters. The average molecular weight is 396 g/mol. The van der Waals surface area contributed by atoms with E-state index in [0.29, 0.717) is 23.5 Å². The van der Waals surface area contributed by atoms with Crippen molar-refractivity contribution in [1.29, 1.82) is 0 Å². The third-order valence-electron chi connectivity index (χ3n) is 3.72. The number of nitrogens with one attached hydrogen (secondary N) is 2. The molecule has 0 fully saturated rings. The van der Waals surface area contributed by atoms with E-state index in [0.717, 1.165) is 5.69 Å². The maximum absolute atomic E-state index is 11.9. The van der Waals surface area contributed by atoms with Gasteiger partial charge in [0.2, 0.25) is 5.91 Å². The third kappa shape index (κ3) is 6.34. The first kappa shape index (κ1) is 22.0. The number of nitro groups is 1. The van der Waals surface area contributed by atoms with Crippen LogP contribution in [0, 0.1) is 10.1 Å². The van der Waals surface area contributed by atoms with Crippen LogP contribution in [0.4, 0.5) is 11.4 Å². The molecule has 27 heavy (non-hydrogen) atoms. The first-order valence-corrected chi connectivity index (χ1v) is 8.00. The average Bonchev–Trinajstić information content (AvgIpc) is 2.66. The Morgan fingerprint density at radius 2 is 1.74 bits per heavy atom. The lowest BCUT2D eigenvalue weighted by Crippen LogP contribution is -2.31. The van der Waals surface area contributed by atoms with Crippen LogP contribution in [0.25, 0.3) is 0 Å². The Kier molecular flexibility index (Phi) is 8.87. The molecule has 0 saturated carbocycles. The van der Waals surface area contributed by atoms with Crippen molar-refractivity contribution in [3.8, 4) is 11.5 Å². The monoisotopic (exact) mass is 395 g/mol. The fourth-order valence-corrected chi connectivity index (χ4v) is 2.42. The molecule has 2 aromatic rings. The Morgan fingerprint density at radius 1 is 1.11 bits per heavy atom. The second-order valence-electron chi connectivity index (χ2n) is 5.41. The van der Waals surface area contributed by atoms with Gasteiger partial charge in [0, 0.05) is 17.8 Å². The molecule has 0 aromatic heterocycles. The van der Waals surface area contributed by atoms with Gasteiger partial charge in [0.15, 0.2) is 11.5 Å². The third-order valence-corrected chi connectivity index (χ3v) is 3.72. The van der Waals surface area contributed by atoms with Gasteiger partial charge < -0.3 is 20.1 Å². The van der Waals surface area contributed by atoms with Crippen molar-refractivity contribution in [2.45, 2.75) is 6.42 Å². The predicted molar refractivity (Wildman–Crippen MR) is 105 cm³/mol. The molecule has 0 aliphatic rings. The van der Waals surface area contributed by atoms with Crippen molar-refractivity contribution < 1.29 is 19.2 Å². The number of benzene rings is 2. The number of carbonyl (C=O) groups is 1. The van der Waals surface area contributed by atoms with Crippen LogP contribution in [0.2, 0.25) is 0 Å². The number of hydrogen-bond donors (Lipinski definition) is 2. The van der Waals surface area contributed by atoms with Crippen LogP contribution in [0.15, 0.2) is 42.5 Å². The molecule has 0 radical (unpaired) electrons. The number of anilines is 1. The van der Waals surface area contributed by atoms with E-state index in [1.165, 1.54) is 20.3 Å². The molecule has 8 nitrogen and oxygen atoms in total. The summed E-state index contributed by atoms with van der Waals surface area (Å²) in [6.07, 6.45) is 0.299. The molecule has 146 valence electrons. The number of hydrogen-bond acceptors (Lipinski definition) is 6. The first-order chi connectivity index (χ1) is 12.5. The molecular weight excluding hydrogens is 374 g/mol. The van der Waals surface area contributed by atoms with Gasteiger partial charge in [-0.1, -0.05) is 18.2 Å². The highest BCUT2D eigenvalue weighted by atomic mass is 35.5. The molecule has 0 aliphatic heterocycles. The van der Waals surface area contributed by atoms with Gasteiger partial charge in [0.1, 0.15) is 0 Å². The predicted octanol–water partition coefficient (Wildman–Crippen LogP) is 2.80. The first-order valence-electron chi connectivity index (χ1n) is 8.00. The maximum Gasteiger partial charge on any atom is 0.276 e. The lowest BCUT2D eigenvalue weighted by atomic mass is 10.1. The van der Waals surface area contributed by atoms with Crippen molar-refractivity contribution in [2.24, 2.45) is 0 Å². The summed E-state index contributed by atoms with van der Waals surface area (Å²) < 4.78 is 10.3. The highest BCUT2D eigenvalue weighted by Gasteiger charge is 2.19. The lowest BCUT2D eigenvalue weighted by Gasteiger charge is -2.11. The summed E-state index contributed by atoms with van der Waals surface area (Å²) in [6, 6.07) is 12.2. The molecule has 0 aliphatic carbocycles. The minimum absolute atomic E-state index is 0. The zero-order valence-corrected chi connectivity index (χ0v) is 15.9. The summed E-state index contributed by atoms with van der Waals surface area (Å²) >= 11 is 0. The minimum atomic E-state index is -0.476. The van der Waals surface area contributed by atoms with Crippen LogP contribution < -0.4 is 20.1 Å². The molecular formula is C18H22ClN3O5. The fraction of sp³-hybridized carbons (Fsp3) is 0.278. The summed E-state index contributed by atoms with van der Waals surface area (Å²) in [5.74, 6) is 0.501. The lowest BCUT2D eigenvalue weighted by molar-refractivity contribution is -0.385. The summed E-state index contributed by atoms with van der Waals surface area (Å²) in [7, 11) is 2.88. The van der Waals surface area contributed by atoms with E-state index in [-0.39, 0.29) is 37.1 Å². The van der Waals surface area contributed by atoms with Gasteiger partial charge in [-0.15, -0.1) is 12.4 Å². The number of ether oxygens (including phenoxy) is 2. The summed E-state index contributed by atoms with van der Waals surface area (Å²) in [5, 5.41) is 17.0. The van der Waals surface area contributed by atoms with Gasteiger partial charge in [-0.3, -0.25) is 14.9 Å². The van der Waals surface area contributed by atoms with E-state index in [2.05, 4.69) is 10.6 Å². The molecule has 1 amide bonds. The SMILES string of the molecule is COc1cc(CCNC(=O)CNc2ccccc2)c([N+](=O)[O-])cc1OC.Cl. The Labute approximate surface area is 163 Å². The molecule has 0 heterocycles. The Balaban J connectivity index is 0.00000364. The Bertz CT molecular complexity index is 771. The maximum atomic E-state index is 11.9. The topological polar surface area (TPSA) is 103 Å². The van der Waals surface area contributed by atoms with Crippen molar-refractivity contribution >= 4 is 29.7 Å². The second kappa shape index (κ2) is 10.9. The van der Waals surface area contributed by atoms with Gasteiger partial charge in [0.05, 0.1) is 31.8 Å². The smallest absolute Gasteiger partial charge is 0.276 e. The molecule has 2 aromatic carbocycles. The van der Waals surface area contributed by atoms with Crippen LogP contribution >= 0.6 is 12.4 Å². The van der Waals surface area contributed by atoms with E-state index in [4.69, 9.17) is 9.47 Å². The van der Waals surface area contributed by atoms with Crippen LogP contribution in [0.3, 0.4) is 0 Å². The molecule has 2 rings (SSSR count). The van der Waals surface area contributed by atoms with Crippen LogP contribution in [0.1, 0.15) is 5.56 Å². The van der Waals surface area contributed by atoms with Crippen molar-refractivity contribution in [3.05, 3.63) is 58.1 Å². The highest BCUT2D eigenvalue weighted by molar-refractivity contribution is 5.85. The zero-order chi connectivity index (χ0) is 18.9. The molecule has 0 bridgehead atoms. The number of methoxy groups -OCH3 is 2. The normalized spacial score (nSPS) is 9.70. The molecule has 0 saturated heterocycles. The van der Waals surface area contributed by atoms with Crippen molar-refractivity contribution in [2.75, 3.05) is 32.6 Å². The molecule has 0 spiro atoms.